The number of aliphatic carboxylic acids is 1. The van der Waals surface area contributed by atoms with Gasteiger partial charge in [0.2, 0.25) is 0 Å². The highest BCUT2D eigenvalue weighted by atomic mass is 16.5. The molecule has 5 saturated carbocycles. The minimum Gasteiger partial charge on any atom is -0.481 e. The number of hydrogen-bond donors (Lipinski definition) is 1. The summed E-state index contributed by atoms with van der Waals surface area (Å²) in [4.78, 5) is 27.3. The van der Waals surface area contributed by atoms with Crippen LogP contribution in [-0.2, 0) is 14.3 Å². The SMILES string of the molecule is C=C(C)[C@@H]1CC[C@]2(CCN3CCCC3)CC[C@]3(C)[C@H](CC[C@@H]4[C@@]5(C)CC[C@H](OC(=O)CC(C)(C)CC(=O)O)C(C)(C)[C@@H]5CC[C@]43C)[C@@H]12. The van der Waals surface area contributed by atoms with Gasteiger partial charge in [-0.05, 0) is 167 Å². The first-order valence-electron chi connectivity index (χ1n) is 19.7. The molecule has 6 fully saturated rings. The maximum atomic E-state index is 13.2. The zero-order valence-corrected chi connectivity index (χ0v) is 31.5. The van der Waals surface area contributed by atoms with E-state index in [0.717, 1.165) is 24.7 Å². The minimum absolute atomic E-state index is 0.0234. The van der Waals surface area contributed by atoms with Crippen LogP contribution in [0.2, 0.25) is 0 Å². The van der Waals surface area contributed by atoms with Crippen LogP contribution in [0.25, 0.3) is 0 Å². The highest BCUT2D eigenvalue weighted by Crippen LogP contribution is 2.78. The minimum atomic E-state index is -0.862. The summed E-state index contributed by atoms with van der Waals surface area (Å²) in [5.74, 6) is 2.40. The molecule has 6 aliphatic rings. The fourth-order valence-corrected chi connectivity index (χ4v) is 14.3. The van der Waals surface area contributed by atoms with Gasteiger partial charge in [-0.25, -0.2) is 0 Å². The van der Waals surface area contributed by atoms with Gasteiger partial charge >= 0.3 is 11.9 Å². The van der Waals surface area contributed by atoms with Crippen molar-refractivity contribution < 1.29 is 19.4 Å². The number of ether oxygens (including phenoxy) is 1. The lowest BCUT2D eigenvalue weighted by molar-refractivity contribution is -0.250. The number of esters is 1. The summed E-state index contributed by atoms with van der Waals surface area (Å²) in [5.41, 5.74) is 2.16. The second-order valence-electron chi connectivity index (χ2n) is 20.1. The molecule has 0 amide bonds. The average Bonchev–Trinajstić information content (AvgIpc) is 3.61. The highest BCUT2D eigenvalue weighted by molar-refractivity contribution is 5.73. The second-order valence-corrected chi connectivity index (χ2v) is 20.1. The molecule has 6 rings (SSSR count). The predicted octanol–water partition coefficient (Wildman–Crippen LogP) is 9.93. The monoisotopic (exact) mass is 652 g/mol. The van der Waals surface area contributed by atoms with Gasteiger partial charge in [-0.15, -0.1) is 0 Å². The normalized spacial score (nSPS) is 44.5. The summed E-state index contributed by atoms with van der Waals surface area (Å²) >= 11 is 0. The van der Waals surface area contributed by atoms with E-state index in [0.29, 0.717) is 34.0 Å². The number of fused-ring (bicyclic) bond motifs is 7. The number of hydrogen-bond acceptors (Lipinski definition) is 4. The van der Waals surface area contributed by atoms with Crippen molar-refractivity contribution in [2.45, 2.75) is 158 Å². The van der Waals surface area contributed by atoms with E-state index >= 15 is 0 Å². The Balaban J connectivity index is 1.22. The third kappa shape index (κ3) is 5.77. The first kappa shape index (κ1) is 35.5. The van der Waals surface area contributed by atoms with Crippen molar-refractivity contribution in [2.24, 2.45) is 62.1 Å². The molecule has 0 aromatic carbocycles. The third-order valence-electron chi connectivity index (χ3n) is 16.8. The predicted molar refractivity (Wildman–Crippen MR) is 190 cm³/mol. The van der Waals surface area contributed by atoms with E-state index in [-0.39, 0.29) is 35.7 Å². The van der Waals surface area contributed by atoms with Crippen LogP contribution in [0, 0.1) is 62.1 Å². The molecule has 0 aromatic heterocycles. The number of carboxylic acids is 1. The maximum absolute atomic E-state index is 13.2. The third-order valence-corrected chi connectivity index (χ3v) is 16.8. The van der Waals surface area contributed by atoms with E-state index in [9.17, 15) is 14.7 Å². The summed E-state index contributed by atoms with van der Waals surface area (Å²) < 4.78 is 6.29. The summed E-state index contributed by atoms with van der Waals surface area (Å²) in [6, 6.07) is 0. The van der Waals surface area contributed by atoms with Gasteiger partial charge in [-0.3, -0.25) is 9.59 Å². The molecule has 266 valence electrons. The molecule has 0 aromatic rings. The van der Waals surface area contributed by atoms with Crippen LogP contribution < -0.4 is 0 Å². The number of nitrogens with zero attached hydrogens (tertiary/aromatic N) is 1. The molecule has 10 atom stereocenters. The quantitative estimate of drug-likeness (QED) is 0.199. The van der Waals surface area contributed by atoms with Gasteiger partial charge in [-0.2, -0.15) is 0 Å². The Morgan fingerprint density at radius 2 is 1.55 bits per heavy atom. The van der Waals surface area contributed by atoms with Crippen molar-refractivity contribution in [3.8, 4) is 0 Å². The zero-order chi connectivity index (χ0) is 34.2. The number of carbonyl (C=O) groups excluding carboxylic acids is 1. The molecular weight excluding hydrogens is 582 g/mol. The van der Waals surface area contributed by atoms with Gasteiger partial charge in [0, 0.05) is 5.41 Å². The van der Waals surface area contributed by atoms with E-state index in [1.165, 1.54) is 95.8 Å². The number of rotatable bonds is 9. The molecule has 5 nitrogen and oxygen atoms in total. The smallest absolute Gasteiger partial charge is 0.306 e. The van der Waals surface area contributed by atoms with E-state index in [2.05, 4.69) is 53.0 Å². The topological polar surface area (TPSA) is 66.8 Å². The van der Waals surface area contributed by atoms with Crippen LogP contribution in [0.4, 0.5) is 0 Å². The fourth-order valence-electron chi connectivity index (χ4n) is 14.3. The largest absolute Gasteiger partial charge is 0.481 e. The van der Waals surface area contributed by atoms with Crippen LogP contribution in [-0.4, -0.2) is 47.7 Å². The number of carboxylic acid groups (broad SMARTS) is 1. The van der Waals surface area contributed by atoms with Crippen molar-refractivity contribution in [1.82, 2.24) is 4.90 Å². The van der Waals surface area contributed by atoms with Gasteiger partial charge in [0.1, 0.15) is 6.10 Å². The molecule has 0 spiro atoms. The van der Waals surface area contributed by atoms with E-state index in [4.69, 9.17) is 4.74 Å². The lowest BCUT2D eigenvalue weighted by Crippen LogP contribution is -2.66. The van der Waals surface area contributed by atoms with Gasteiger partial charge in [0.25, 0.3) is 0 Å². The van der Waals surface area contributed by atoms with Crippen LogP contribution >= 0.6 is 0 Å². The maximum Gasteiger partial charge on any atom is 0.306 e. The molecule has 5 aliphatic carbocycles. The second kappa shape index (κ2) is 12.2. The van der Waals surface area contributed by atoms with Crippen molar-refractivity contribution in [3.63, 3.8) is 0 Å². The summed E-state index contributed by atoms with van der Waals surface area (Å²) in [6.45, 7) is 27.5. The van der Waals surface area contributed by atoms with Gasteiger partial charge in [0.05, 0.1) is 12.8 Å². The Labute approximate surface area is 287 Å². The number of carbonyl (C=O) groups is 2. The zero-order valence-electron chi connectivity index (χ0n) is 31.5. The van der Waals surface area contributed by atoms with Crippen molar-refractivity contribution in [1.29, 1.82) is 0 Å². The molecule has 0 radical (unpaired) electrons. The molecule has 0 unspecified atom stereocenters. The van der Waals surface area contributed by atoms with Gasteiger partial charge in [-0.1, -0.05) is 60.6 Å². The molecule has 1 aliphatic heterocycles. The Morgan fingerprint density at radius 3 is 2.21 bits per heavy atom. The van der Waals surface area contributed by atoms with Gasteiger partial charge in [0.15, 0.2) is 0 Å². The Bertz CT molecular complexity index is 1230. The Hall–Kier alpha value is -1.36. The molecule has 0 bridgehead atoms. The molecule has 1 N–H and O–H groups in total. The average molecular weight is 652 g/mol. The van der Waals surface area contributed by atoms with Crippen LogP contribution in [0.5, 0.6) is 0 Å². The first-order valence-corrected chi connectivity index (χ1v) is 19.7. The standard InChI is InChI=1S/C42H69NO4/c1-28(2)29-14-19-42(22-25-43-23-10-11-24-43)21-20-40(8)30(36(29)42)12-13-32-39(7)17-16-33(38(5,6)31(39)15-18-41(32,40)9)47-35(46)27-37(3,4)26-34(44)45/h29-33,36H,1,10-27H2,2-9H3,(H,44,45)/t29-,30+,31-,32+,33-,36+,39-,40+,41+,42+/m0/s1. The van der Waals surface area contributed by atoms with Crippen LogP contribution in [0.1, 0.15) is 152 Å². The molecule has 5 heteroatoms. The summed E-state index contributed by atoms with van der Waals surface area (Å²) in [7, 11) is 0. The van der Waals surface area contributed by atoms with Crippen LogP contribution in [0.3, 0.4) is 0 Å². The van der Waals surface area contributed by atoms with Crippen molar-refractivity contribution in [2.75, 3.05) is 19.6 Å². The fraction of sp³-hybridized carbons (Fsp3) is 0.905. The lowest BCUT2D eigenvalue weighted by atomic mass is 9.32. The summed E-state index contributed by atoms with van der Waals surface area (Å²) in [5, 5.41) is 9.33. The van der Waals surface area contributed by atoms with Crippen LogP contribution in [0.15, 0.2) is 12.2 Å². The van der Waals surface area contributed by atoms with E-state index < -0.39 is 11.4 Å². The number of likely N-dealkylation sites (tertiary alicyclic amines) is 1. The molecule has 1 heterocycles. The van der Waals surface area contributed by atoms with E-state index in [1.807, 2.05) is 13.8 Å². The Kier molecular flexibility index (Phi) is 9.17. The lowest BCUT2D eigenvalue weighted by Gasteiger charge is -2.73. The van der Waals surface area contributed by atoms with Crippen molar-refractivity contribution >= 4 is 11.9 Å². The first-order chi connectivity index (χ1) is 21.9. The summed E-state index contributed by atoms with van der Waals surface area (Å²) in [6.07, 6.45) is 17.0. The van der Waals surface area contributed by atoms with Gasteiger partial charge < -0.3 is 14.7 Å². The molecular formula is C42H69NO4. The number of allylic oxidation sites excluding steroid dienone is 1. The Morgan fingerprint density at radius 1 is 0.851 bits per heavy atom. The highest BCUT2D eigenvalue weighted by Gasteiger charge is 2.71. The van der Waals surface area contributed by atoms with E-state index in [1.54, 1.807) is 0 Å². The molecule has 47 heavy (non-hydrogen) atoms. The van der Waals surface area contributed by atoms with Crippen molar-refractivity contribution in [3.05, 3.63) is 12.2 Å². The molecule has 1 saturated heterocycles.